The second kappa shape index (κ2) is 11.6. The number of halogens is 2. The molecule has 0 fully saturated rings. The molecule has 0 aliphatic carbocycles. The summed E-state index contributed by atoms with van der Waals surface area (Å²) in [7, 11) is 0. The van der Waals surface area contributed by atoms with Crippen molar-refractivity contribution in [3.05, 3.63) is 80.9 Å². The molecule has 7 heteroatoms. The minimum Gasteiger partial charge on any atom is -0.459 e. The van der Waals surface area contributed by atoms with Gasteiger partial charge in [0.2, 0.25) is 6.29 Å². The molecule has 0 saturated carbocycles. The third-order valence-electron chi connectivity index (χ3n) is 5.26. The number of aliphatic hydroxyl groups excluding tert-OH is 1. The largest absolute Gasteiger partial charge is 0.459 e. The Morgan fingerprint density at radius 2 is 1.90 bits per heavy atom. The maximum atomic E-state index is 13.1. The highest BCUT2D eigenvalue weighted by Crippen LogP contribution is 2.39. The van der Waals surface area contributed by atoms with Crippen molar-refractivity contribution >= 4 is 28.5 Å². The van der Waals surface area contributed by atoms with Gasteiger partial charge in [0.1, 0.15) is 5.82 Å². The minimum absolute atomic E-state index is 0.0270. The third-order valence-corrected chi connectivity index (χ3v) is 5.98. The van der Waals surface area contributed by atoms with Gasteiger partial charge in [0.15, 0.2) is 5.76 Å². The topological polar surface area (TPSA) is 67.8 Å². The van der Waals surface area contributed by atoms with Gasteiger partial charge in [0.05, 0.1) is 0 Å². The Labute approximate surface area is 195 Å². The van der Waals surface area contributed by atoms with Crippen molar-refractivity contribution in [2.45, 2.75) is 38.5 Å². The van der Waals surface area contributed by atoms with Gasteiger partial charge in [-0.3, -0.25) is 4.79 Å². The molecule has 0 unspecified atom stereocenters. The van der Waals surface area contributed by atoms with Crippen LogP contribution in [0.2, 0.25) is 0 Å². The number of carbonyl (C=O) groups excluding carboxylic acids is 1. The Morgan fingerprint density at radius 3 is 2.55 bits per heavy atom. The van der Waals surface area contributed by atoms with E-state index in [1.807, 2.05) is 25.1 Å². The molecular formula is C24H27FINO4. The average Bonchev–Trinajstić information content (AvgIpc) is 2.78. The highest BCUT2D eigenvalue weighted by Gasteiger charge is 2.37. The van der Waals surface area contributed by atoms with Crippen molar-refractivity contribution in [3.63, 3.8) is 0 Å². The first-order valence-electron chi connectivity index (χ1n) is 10.4. The van der Waals surface area contributed by atoms with E-state index in [2.05, 4.69) is 40.0 Å². The quantitative estimate of drug-likeness (QED) is 0.461. The number of ether oxygens (including phenoxy) is 2. The summed E-state index contributed by atoms with van der Waals surface area (Å²) in [6, 6.07) is 14.2. The standard InChI is InChI=1S/C24H27FINO4/c1-2-30-24-20(4-3-13-28)21(17-7-11-19(26)12-8-17)14-22(31-24)23(29)27-15-16-5-9-18(25)10-6-16/h5-12,14,20-21,24,28H,2-4,13,15H2,1H3,(H,27,29)/t20-,21-,24-/m1/s1. The highest BCUT2D eigenvalue weighted by atomic mass is 127. The summed E-state index contributed by atoms with van der Waals surface area (Å²) < 4.78 is 26.0. The van der Waals surface area contributed by atoms with Crippen molar-refractivity contribution in [1.29, 1.82) is 0 Å². The predicted octanol–water partition coefficient (Wildman–Crippen LogP) is 4.50. The van der Waals surface area contributed by atoms with E-state index in [0.29, 0.717) is 19.4 Å². The molecule has 1 aliphatic heterocycles. The molecule has 1 aliphatic rings. The van der Waals surface area contributed by atoms with Crippen LogP contribution >= 0.6 is 22.6 Å². The van der Waals surface area contributed by atoms with Crippen LogP contribution in [0.4, 0.5) is 4.39 Å². The lowest BCUT2D eigenvalue weighted by molar-refractivity contribution is -0.166. The van der Waals surface area contributed by atoms with Crippen LogP contribution in [0.15, 0.2) is 60.4 Å². The first-order valence-corrected chi connectivity index (χ1v) is 11.5. The molecule has 31 heavy (non-hydrogen) atoms. The smallest absolute Gasteiger partial charge is 0.286 e. The Hall–Kier alpha value is -1.97. The summed E-state index contributed by atoms with van der Waals surface area (Å²) in [6.45, 7) is 2.69. The molecule has 0 aromatic heterocycles. The molecule has 3 rings (SSSR count). The fourth-order valence-electron chi connectivity index (χ4n) is 3.70. The first kappa shape index (κ1) is 23.7. The van der Waals surface area contributed by atoms with Crippen LogP contribution in [0.5, 0.6) is 0 Å². The van der Waals surface area contributed by atoms with Gasteiger partial charge >= 0.3 is 0 Å². The van der Waals surface area contributed by atoms with Crippen LogP contribution in [0, 0.1) is 15.3 Å². The van der Waals surface area contributed by atoms with Gasteiger partial charge < -0.3 is 19.9 Å². The number of amides is 1. The van der Waals surface area contributed by atoms with Crippen LogP contribution in [0.3, 0.4) is 0 Å². The molecule has 0 saturated heterocycles. The molecule has 166 valence electrons. The van der Waals surface area contributed by atoms with E-state index in [1.165, 1.54) is 12.1 Å². The van der Waals surface area contributed by atoms with Gasteiger partial charge in [-0.1, -0.05) is 24.3 Å². The molecule has 1 heterocycles. The highest BCUT2D eigenvalue weighted by molar-refractivity contribution is 14.1. The van der Waals surface area contributed by atoms with Crippen molar-refractivity contribution < 1.29 is 23.8 Å². The van der Waals surface area contributed by atoms with Crippen LogP contribution in [0.25, 0.3) is 0 Å². The lowest BCUT2D eigenvalue weighted by Crippen LogP contribution is -2.39. The van der Waals surface area contributed by atoms with Crippen LogP contribution < -0.4 is 5.32 Å². The number of allylic oxidation sites excluding steroid dienone is 1. The second-order valence-corrected chi connectivity index (χ2v) is 8.63. The van der Waals surface area contributed by atoms with E-state index in [-0.39, 0.29) is 42.5 Å². The summed E-state index contributed by atoms with van der Waals surface area (Å²) in [4.78, 5) is 12.9. The molecule has 5 nitrogen and oxygen atoms in total. The van der Waals surface area contributed by atoms with Gasteiger partial charge in [-0.2, -0.15) is 0 Å². The zero-order valence-corrected chi connectivity index (χ0v) is 19.5. The van der Waals surface area contributed by atoms with E-state index >= 15 is 0 Å². The van der Waals surface area contributed by atoms with Gasteiger partial charge in [0, 0.05) is 35.2 Å². The SMILES string of the molecule is CCO[C@@H]1OC(C(=O)NCc2ccc(F)cc2)=C[C@H](c2ccc(I)cc2)[C@H]1CCCO. The molecule has 0 radical (unpaired) electrons. The maximum Gasteiger partial charge on any atom is 0.286 e. The number of hydrogen-bond acceptors (Lipinski definition) is 4. The summed E-state index contributed by atoms with van der Waals surface area (Å²) >= 11 is 2.26. The fourth-order valence-corrected chi connectivity index (χ4v) is 4.06. The molecule has 3 atom stereocenters. The molecule has 0 bridgehead atoms. The van der Waals surface area contributed by atoms with E-state index in [0.717, 1.165) is 14.7 Å². The Balaban J connectivity index is 1.83. The molecule has 2 N–H and O–H groups in total. The van der Waals surface area contributed by atoms with Crippen LogP contribution in [-0.2, 0) is 20.8 Å². The number of hydrogen-bond donors (Lipinski definition) is 2. The zero-order chi connectivity index (χ0) is 22.2. The van der Waals surface area contributed by atoms with E-state index in [9.17, 15) is 14.3 Å². The van der Waals surface area contributed by atoms with Gasteiger partial charge in [0.25, 0.3) is 5.91 Å². The molecule has 2 aromatic rings. The first-order chi connectivity index (χ1) is 15.0. The van der Waals surface area contributed by atoms with Crippen molar-refractivity contribution in [1.82, 2.24) is 5.32 Å². The molecule has 0 spiro atoms. The lowest BCUT2D eigenvalue weighted by Gasteiger charge is -2.37. The minimum atomic E-state index is -0.586. The normalized spacial score (nSPS) is 20.6. The van der Waals surface area contributed by atoms with Gasteiger partial charge in [-0.15, -0.1) is 0 Å². The second-order valence-electron chi connectivity index (χ2n) is 7.39. The van der Waals surface area contributed by atoms with Gasteiger partial charge in [-0.05, 0) is 83.8 Å². The van der Waals surface area contributed by atoms with Crippen molar-refractivity contribution in [3.8, 4) is 0 Å². The predicted molar refractivity (Wildman–Crippen MR) is 125 cm³/mol. The number of carbonyl (C=O) groups is 1. The van der Waals surface area contributed by atoms with E-state index in [4.69, 9.17) is 9.47 Å². The number of nitrogens with one attached hydrogen (secondary N) is 1. The van der Waals surface area contributed by atoms with Gasteiger partial charge in [-0.25, -0.2) is 4.39 Å². The molecular weight excluding hydrogens is 512 g/mol. The number of aliphatic hydroxyl groups is 1. The number of benzene rings is 2. The van der Waals surface area contributed by atoms with E-state index in [1.54, 1.807) is 12.1 Å². The molecule has 1 amide bonds. The number of rotatable bonds is 9. The fraction of sp³-hybridized carbons (Fsp3) is 0.375. The lowest BCUT2D eigenvalue weighted by atomic mass is 9.80. The summed E-state index contributed by atoms with van der Waals surface area (Å²) in [5.74, 6) is -0.557. The summed E-state index contributed by atoms with van der Waals surface area (Å²) in [5.41, 5.74) is 1.86. The van der Waals surface area contributed by atoms with Crippen LogP contribution in [0.1, 0.15) is 36.8 Å². The summed E-state index contributed by atoms with van der Waals surface area (Å²) in [5, 5.41) is 12.2. The molecule has 2 aromatic carbocycles. The van der Waals surface area contributed by atoms with E-state index < -0.39 is 6.29 Å². The van der Waals surface area contributed by atoms with Crippen molar-refractivity contribution in [2.75, 3.05) is 13.2 Å². The monoisotopic (exact) mass is 539 g/mol. The third kappa shape index (κ3) is 6.51. The Kier molecular flexibility index (Phi) is 8.86. The maximum absolute atomic E-state index is 13.1. The van der Waals surface area contributed by atoms with Crippen LogP contribution in [-0.4, -0.2) is 30.5 Å². The summed E-state index contributed by atoms with van der Waals surface area (Å²) in [6.07, 6.45) is 2.59. The Bertz CT molecular complexity index is 885. The average molecular weight is 539 g/mol. The Morgan fingerprint density at radius 1 is 1.19 bits per heavy atom. The van der Waals surface area contributed by atoms with Crippen molar-refractivity contribution in [2.24, 2.45) is 5.92 Å². The zero-order valence-electron chi connectivity index (χ0n) is 17.4.